The van der Waals surface area contributed by atoms with Gasteiger partial charge in [-0.3, -0.25) is 4.79 Å². The maximum Gasteiger partial charge on any atom is 0.259 e. The quantitative estimate of drug-likeness (QED) is 0.501. The van der Waals surface area contributed by atoms with Crippen LogP contribution in [0.2, 0.25) is 5.02 Å². The van der Waals surface area contributed by atoms with E-state index < -0.39 is 0 Å². The number of nitrogens with zero attached hydrogens (tertiary/aromatic N) is 1. The first-order valence-electron chi connectivity index (χ1n) is 7.77. The Hall–Kier alpha value is -3.12. The van der Waals surface area contributed by atoms with Crippen molar-refractivity contribution in [3.8, 4) is 11.3 Å². The van der Waals surface area contributed by atoms with Crippen LogP contribution in [0.1, 0.15) is 5.76 Å². The number of anilines is 1. The lowest BCUT2D eigenvalue weighted by Gasteiger charge is -2.04. The maximum absolute atomic E-state index is 12.9. The molecule has 0 unspecified atom stereocenters. The number of hydrazone groups is 1. The van der Waals surface area contributed by atoms with Gasteiger partial charge in [-0.15, -0.1) is 0 Å². The van der Waals surface area contributed by atoms with E-state index in [1.165, 1.54) is 18.3 Å². The average Bonchev–Trinajstić information content (AvgIpc) is 3.11. The number of benzene rings is 2. The lowest BCUT2D eigenvalue weighted by atomic mass is 10.2. The van der Waals surface area contributed by atoms with Crippen LogP contribution in [0, 0.1) is 5.82 Å². The second-order valence-electron chi connectivity index (χ2n) is 5.36. The third kappa shape index (κ3) is 4.94. The first kappa shape index (κ1) is 17.7. The summed E-state index contributed by atoms with van der Waals surface area (Å²) in [5.74, 6) is 0.441. The first-order chi connectivity index (χ1) is 12.6. The zero-order chi connectivity index (χ0) is 18.4. The van der Waals surface area contributed by atoms with E-state index in [0.29, 0.717) is 16.5 Å². The van der Waals surface area contributed by atoms with Crippen LogP contribution in [0.5, 0.6) is 0 Å². The van der Waals surface area contributed by atoms with Crippen LogP contribution < -0.4 is 10.7 Å². The zero-order valence-electron chi connectivity index (χ0n) is 13.6. The van der Waals surface area contributed by atoms with Crippen molar-refractivity contribution in [2.45, 2.75) is 0 Å². The fourth-order valence-corrected chi connectivity index (χ4v) is 2.28. The third-order valence-corrected chi connectivity index (χ3v) is 3.69. The molecule has 0 aliphatic carbocycles. The van der Waals surface area contributed by atoms with Crippen molar-refractivity contribution in [3.63, 3.8) is 0 Å². The highest BCUT2D eigenvalue weighted by Crippen LogP contribution is 2.21. The highest BCUT2D eigenvalue weighted by atomic mass is 35.5. The molecule has 0 bridgehead atoms. The van der Waals surface area contributed by atoms with Gasteiger partial charge in [0.1, 0.15) is 17.3 Å². The van der Waals surface area contributed by atoms with Crippen LogP contribution in [0.4, 0.5) is 10.1 Å². The molecule has 2 N–H and O–H groups in total. The summed E-state index contributed by atoms with van der Waals surface area (Å²) < 4.78 is 18.5. The molecule has 3 rings (SSSR count). The Bertz CT molecular complexity index is 905. The van der Waals surface area contributed by atoms with Crippen LogP contribution in [-0.2, 0) is 4.79 Å². The molecule has 0 aliphatic heterocycles. The van der Waals surface area contributed by atoms with Crippen LogP contribution in [0.3, 0.4) is 0 Å². The molecular formula is C19H15ClFN3O2. The minimum absolute atomic E-state index is 0.0674. The Morgan fingerprint density at radius 2 is 1.81 bits per heavy atom. The minimum Gasteiger partial charge on any atom is -0.455 e. The van der Waals surface area contributed by atoms with Gasteiger partial charge in [-0.25, -0.2) is 9.82 Å². The molecule has 26 heavy (non-hydrogen) atoms. The van der Waals surface area contributed by atoms with Gasteiger partial charge in [-0.1, -0.05) is 11.6 Å². The summed E-state index contributed by atoms with van der Waals surface area (Å²) in [5.41, 5.74) is 3.93. The molecule has 1 aromatic heterocycles. The summed E-state index contributed by atoms with van der Waals surface area (Å²) in [6.45, 7) is 0.0674. The van der Waals surface area contributed by atoms with Crippen LogP contribution >= 0.6 is 11.6 Å². The van der Waals surface area contributed by atoms with Gasteiger partial charge in [0, 0.05) is 16.3 Å². The highest BCUT2D eigenvalue weighted by molar-refractivity contribution is 6.30. The van der Waals surface area contributed by atoms with E-state index in [9.17, 15) is 9.18 Å². The molecule has 0 fully saturated rings. The molecule has 0 spiro atoms. The Labute approximate surface area is 154 Å². The molecule has 0 radical (unpaired) electrons. The van der Waals surface area contributed by atoms with Gasteiger partial charge in [0.15, 0.2) is 0 Å². The number of rotatable bonds is 6. The van der Waals surface area contributed by atoms with Gasteiger partial charge < -0.3 is 9.73 Å². The van der Waals surface area contributed by atoms with Crippen molar-refractivity contribution in [2.75, 3.05) is 11.9 Å². The van der Waals surface area contributed by atoms with E-state index in [4.69, 9.17) is 16.0 Å². The summed E-state index contributed by atoms with van der Waals surface area (Å²) in [5, 5.41) is 7.43. The van der Waals surface area contributed by atoms with Crippen molar-refractivity contribution in [3.05, 3.63) is 77.3 Å². The Morgan fingerprint density at radius 3 is 2.54 bits per heavy atom. The third-order valence-electron chi connectivity index (χ3n) is 3.43. The van der Waals surface area contributed by atoms with E-state index in [2.05, 4.69) is 15.8 Å². The largest absolute Gasteiger partial charge is 0.455 e. The number of hydrogen-bond donors (Lipinski definition) is 2. The minimum atomic E-state index is -0.308. The fraction of sp³-hybridized carbons (Fsp3) is 0.0526. The monoisotopic (exact) mass is 371 g/mol. The lowest BCUT2D eigenvalue weighted by Crippen LogP contribution is -2.25. The number of halogens is 2. The summed E-state index contributed by atoms with van der Waals surface area (Å²) >= 11 is 5.80. The highest BCUT2D eigenvalue weighted by Gasteiger charge is 2.04. The first-order valence-corrected chi connectivity index (χ1v) is 8.15. The zero-order valence-corrected chi connectivity index (χ0v) is 14.3. The maximum atomic E-state index is 12.9. The number of nitrogens with one attached hydrogen (secondary N) is 2. The van der Waals surface area contributed by atoms with E-state index in [1.54, 1.807) is 48.5 Å². The molecule has 1 amide bonds. The van der Waals surface area contributed by atoms with Crippen molar-refractivity contribution < 1.29 is 13.6 Å². The summed E-state index contributed by atoms with van der Waals surface area (Å²) in [7, 11) is 0. The Kier molecular flexibility index (Phi) is 5.66. The van der Waals surface area contributed by atoms with Gasteiger partial charge in [-0.05, 0) is 60.7 Å². The molecule has 2 aromatic carbocycles. The van der Waals surface area contributed by atoms with Gasteiger partial charge in [0.2, 0.25) is 0 Å². The van der Waals surface area contributed by atoms with Gasteiger partial charge in [0.25, 0.3) is 5.91 Å². The second kappa shape index (κ2) is 8.31. The smallest absolute Gasteiger partial charge is 0.259 e. The van der Waals surface area contributed by atoms with Gasteiger partial charge in [-0.2, -0.15) is 5.10 Å². The standard InChI is InChI=1S/C19H15ClFN3O2/c20-14-3-7-16(8-4-14)22-12-19(25)24-23-11-17-9-10-18(26-17)13-1-5-15(21)6-2-13/h1-11,22H,12H2,(H,24,25)/b23-11-. The van der Waals surface area contributed by atoms with Gasteiger partial charge >= 0.3 is 0 Å². The SMILES string of the molecule is O=C(CNc1ccc(Cl)cc1)N/N=C\c1ccc(-c2ccc(F)cc2)o1. The number of hydrogen-bond acceptors (Lipinski definition) is 4. The van der Waals surface area contributed by atoms with Crippen molar-refractivity contribution >= 4 is 29.4 Å². The summed E-state index contributed by atoms with van der Waals surface area (Å²) in [6, 6.07) is 16.4. The predicted molar refractivity (Wildman–Crippen MR) is 99.8 cm³/mol. The second-order valence-corrected chi connectivity index (χ2v) is 5.80. The molecular weight excluding hydrogens is 357 g/mol. The predicted octanol–water partition coefficient (Wildman–Crippen LogP) is 4.30. The molecule has 5 nitrogen and oxygen atoms in total. The molecule has 0 aliphatic rings. The van der Waals surface area contributed by atoms with E-state index in [0.717, 1.165) is 11.3 Å². The molecule has 0 atom stereocenters. The van der Waals surface area contributed by atoms with Crippen molar-refractivity contribution in [2.24, 2.45) is 5.10 Å². The van der Waals surface area contributed by atoms with E-state index >= 15 is 0 Å². The summed E-state index contributed by atoms with van der Waals surface area (Å²) in [6.07, 6.45) is 1.40. The van der Waals surface area contributed by atoms with E-state index in [-0.39, 0.29) is 18.3 Å². The number of amides is 1. The Morgan fingerprint density at radius 1 is 1.08 bits per heavy atom. The van der Waals surface area contributed by atoms with Crippen LogP contribution in [0.25, 0.3) is 11.3 Å². The number of carbonyl (C=O) groups is 1. The fourth-order valence-electron chi connectivity index (χ4n) is 2.15. The Balaban J connectivity index is 1.49. The topological polar surface area (TPSA) is 66.6 Å². The van der Waals surface area contributed by atoms with Crippen LogP contribution in [0.15, 0.2) is 70.2 Å². The molecule has 0 saturated heterocycles. The molecule has 132 valence electrons. The average molecular weight is 372 g/mol. The molecule has 1 heterocycles. The van der Waals surface area contributed by atoms with E-state index in [1.807, 2.05) is 0 Å². The molecule has 0 saturated carbocycles. The van der Waals surface area contributed by atoms with Crippen molar-refractivity contribution in [1.29, 1.82) is 0 Å². The number of carbonyl (C=O) groups excluding carboxylic acids is 1. The van der Waals surface area contributed by atoms with Crippen molar-refractivity contribution in [1.82, 2.24) is 5.43 Å². The number of furan rings is 1. The lowest BCUT2D eigenvalue weighted by molar-refractivity contribution is -0.119. The van der Waals surface area contributed by atoms with Gasteiger partial charge in [0.05, 0.1) is 12.8 Å². The molecule has 3 aromatic rings. The molecule has 7 heteroatoms. The summed E-state index contributed by atoms with van der Waals surface area (Å²) in [4.78, 5) is 11.8. The normalized spacial score (nSPS) is 10.8. The van der Waals surface area contributed by atoms with Crippen LogP contribution in [-0.4, -0.2) is 18.7 Å².